The number of nitrogens with zero attached hydrogens (tertiary/aromatic N) is 2. The second kappa shape index (κ2) is 8.42. The molecule has 0 radical (unpaired) electrons. The van der Waals surface area contributed by atoms with Crippen molar-refractivity contribution in [2.24, 2.45) is 0 Å². The molecule has 8 heteroatoms. The van der Waals surface area contributed by atoms with Crippen molar-refractivity contribution in [3.05, 3.63) is 38.6 Å². The molecule has 0 unspecified atom stereocenters. The number of aromatic nitrogens is 1. The van der Waals surface area contributed by atoms with Crippen LogP contribution in [-0.4, -0.2) is 33.7 Å². The lowest BCUT2D eigenvalue weighted by atomic mass is 10.3. The lowest BCUT2D eigenvalue weighted by Gasteiger charge is -2.23. The van der Waals surface area contributed by atoms with E-state index in [4.69, 9.17) is 4.74 Å². The molecule has 2 heterocycles. The Kier molecular flexibility index (Phi) is 6.79. The number of unbranched alkanes of at least 4 members (excludes halogenated alkanes) is 1. The monoisotopic (exact) mass is 432 g/mol. The number of hydrogen-bond acceptors (Lipinski definition) is 5. The summed E-state index contributed by atoms with van der Waals surface area (Å²) >= 11 is 4.82. The minimum absolute atomic E-state index is 0.362. The van der Waals surface area contributed by atoms with Crippen LogP contribution in [0.3, 0.4) is 0 Å². The summed E-state index contributed by atoms with van der Waals surface area (Å²) in [7, 11) is -2.00. The van der Waals surface area contributed by atoms with E-state index < -0.39 is 10.0 Å². The summed E-state index contributed by atoms with van der Waals surface area (Å²) in [6.45, 7) is 4.73. The van der Waals surface area contributed by atoms with Crippen molar-refractivity contribution in [2.45, 2.75) is 31.6 Å². The van der Waals surface area contributed by atoms with Crippen molar-refractivity contribution < 1.29 is 13.2 Å². The van der Waals surface area contributed by atoms with Gasteiger partial charge in [-0.25, -0.2) is 17.7 Å². The minimum atomic E-state index is -3.64. The number of methoxy groups -OCH3 is 1. The minimum Gasteiger partial charge on any atom is -0.385 e. The van der Waals surface area contributed by atoms with Crippen LogP contribution in [-0.2, 0) is 14.8 Å². The van der Waals surface area contributed by atoms with E-state index in [9.17, 15) is 8.42 Å². The fraction of sp³-hybridized carbons (Fsp3) is 0.438. The number of anilines is 1. The Morgan fingerprint density at radius 3 is 2.58 bits per heavy atom. The second-order valence-corrected chi connectivity index (χ2v) is 9.60. The van der Waals surface area contributed by atoms with Gasteiger partial charge < -0.3 is 4.74 Å². The first-order chi connectivity index (χ1) is 11.4. The molecule has 0 aromatic carbocycles. The van der Waals surface area contributed by atoms with Gasteiger partial charge in [-0.15, -0.1) is 11.3 Å². The van der Waals surface area contributed by atoms with Gasteiger partial charge in [0, 0.05) is 40.7 Å². The lowest BCUT2D eigenvalue weighted by molar-refractivity contribution is 0.193. The van der Waals surface area contributed by atoms with Crippen LogP contribution >= 0.6 is 27.3 Å². The van der Waals surface area contributed by atoms with E-state index in [1.807, 2.05) is 13.8 Å². The zero-order valence-corrected chi connectivity index (χ0v) is 17.2. The number of pyridine rings is 1. The van der Waals surface area contributed by atoms with Gasteiger partial charge in [-0.3, -0.25) is 0 Å². The average molecular weight is 433 g/mol. The smallest absolute Gasteiger partial charge is 0.266 e. The normalized spacial score (nSPS) is 11.7. The molecule has 0 saturated carbocycles. The Hall–Kier alpha value is -0.960. The van der Waals surface area contributed by atoms with Crippen molar-refractivity contribution in [1.82, 2.24) is 4.98 Å². The maximum atomic E-state index is 13.2. The van der Waals surface area contributed by atoms with Crippen LogP contribution in [0.2, 0.25) is 0 Å². The summed E-state index contributed by atoms with van der Waals surface area (Å²) < 4.78 is 33.6. The zero-order chi connectivity index (χ0) is 17.7. The maximum absolute atomic E-state index is 13.2. The van der Waals surface area contributed by atoms with E-state index in [1.54, 1.807) is 31.5 Å². The fourth-order valence-electron chi connectivity index (χ4n) is 2.36. The molecule has 2 aromatic rings. The van der Waals surface area contributed by atoms with Crippen LogP contribution in [0.15, 0.2) is 33.8 Å². The molecular formula is C16H21BrN2O3S2. The van der Waals surface area contributed by atoms with Crippen LogP contribution in [0.4, 0.5) is 5.82 Å². The highest BCUT2D eigenvalue weighted by Crippen LogP contribution is 2.30. The second-order valence-electron chi connectivity index (χ2n) is 5.39. The summed E-state index contributed by atoms with van der Waals surface area (Å²) in [5, 5.41) is 0. The number of rotatable bonds is 8. The molecule has 0 atom stereocenters. The van der Waals surface area contributed by atoms with Crippen molar-refractivity contribution >= 4 is 43.1 Å². The summed E-state index contributed by atoms with van der Waals surface area (Å²) in [5.41, 5.74) is 0. The van der Waals surface area contributed by atoms with E-state index in [1.165, 1.54) is 15.6 Å². The molecule has 0 amide bonds. The highest BCUT2D eigenvalue weighted by Gasteiger charge is 2.28. The van der Waals surface area contributed by atoms with Gasteiger partial charge in [0.05, 0.1) is 0 Å². The molecule has 5 nitrogen and oxygen atoms in total. The number of sulfonamides is 1. The molecule has 0 saturated heterocycles. The molecular weight excluding hydrogens is 412 g/mol. The Labute approximate surface area is 155 Å². The molecule has 2 rings (SSSR count). The predicted octanol–water partition coefficient (Wildman–Crippen LogP) is 4.14. The first-order valence-corrected chi connectivity index (χ1v) is 10.6. The van der Waals surface area contributed by atoms with Crippen molar-refractivity contribution in [2.75, 3.05) is 24.6 Å². The molecule has 0 bridgehead atoms. The number of halogens is 1. The third-order valence-corrected chi connectivity index (χ3v) is 6.98. The first kappa shape index (κ1) is 19.4. The van der Waals surface area contributed by atoms with E-state index in [-0.39, 0.29) is 0 Å². The Balaban J connectivity index is 2.36. The van der Waals surface area contributed by atoms with Crippen LogP contribution in [0.5, 0.6) is 0 Å². The largest absolute Gasteiger partial charge is 0.385 e. The van der Waals surface area contributed by atoms with Gasteiger partial charge in [-0.05, 0) is 60.8 Å². The first-order valence-electron chi connectivity index (χ1n) is 7.56. The standard InChI is InChI=1S/C16H21BrN2O3S2/c1-12-10-15(13(2)23-12)24(20,21)19(8-4-5-9-22-3)16-7-6-14(17)11-18-16/h6-7,10-11H,4-5,8-9H2,1-3H3. The van der Waals surface area contributed by atoms with Crippen molar-refractivity contribution in [3.8, 4) is 0 Å². The van der Waals surface area contributed by atoms with E-state index in [0.29, 0.717) is 30.3 Å². The van der Waals surface area contributed by atoms with Crippen molar-refractivity contribution in [3.63, 3.8) is 0 Å². The molecule has 0 aliphatic carbocycles. The number of hydrogen-bond donors (Lipinski definition) is 0. The van der Waals surface area contributed by atoms with Gasteiger partial charge in [0.15, 0.2) is 0 Å². The average Bonchev–Trinajstić information content (AvgIpc) is 2.88. The van der Waals surface area contributed by atoms with Crippen LogP contribution in [0.25, 0.3) is 0 Å². The molecule has 0 aliphatic heterocycles. The molecule has 0 N–H and O–H groups in total. The predicted molar refractivity (Wildman–Crippen MR) is 101 cm³/mol. The van der Waals surface area contributed by atoms with E-state index >= 15 is 0 Å². The Morgan fingerprint density at radius 1 is 1.29 bits per heavy atom. The van der Waals surface area contributed by atoms with Crippen LogP contribution in [0.1, 0.15) is 22.6 Å². The van der Waals surface area contributed by atoms with Gasteiger partial charge in [0.1, 0.15) is 10.7 Å². The van der Waals surface area contributed by atoms with Gasteiger partial charge >= 0.3 is 0 Å². The lowest BCUT2D eigenvalue weighted by Crippen LogP contribution is -2.33. The van der Waals surface area contributed by atoms with E-state index in [0.717, 1.165) is 20.6 Å². The molecule has 2 aromatic heterocycles. The van der Waals surface area contributed by atoms with Gasteiger partial charge in [0.25, 0.3) is 10.0 Å². The highest BCUT2D eigenvalue weighted by atomic mass is 79.9. The van der Waals surface area contributed by atoms with Crippen LogP contribution in [0, 0.1) is 13.8 Å². The molecule has 0 spiro atoms. The van der Waals surface area contributed by atoms with Gasteiger partial charge in [0.2, 0.25) is 0 Å². The SMILES string of the molecule is COCCCCN(c1ccc(Br)cn1)S(=O)(=O)c1cc(C)sc1C. The number of ether oxygens (including phenoxy) is 1. The summed E-state index contributed by atoms with van der Waals surface area (Å²) in [6, 6.07) is 5.24. The van der Waals surface area contributed by atoms with Crippen molar-refractivity contribution in [1.29, 1.82) is 0 Å². The highest BCUT2D eigenvalue weighted by molar-refractivity contribution is 9.10. The van der Waals surface area contributed by atoms with Crippen LogP contribution < -0.4 is 4.31 Å². The molecule has 0 aliphatic rings. The fourth-order valence-corrected chi connectivity index (χ4v) is 5.58. The Bertz CT molecular complexity index is 773. The summed E-state index contributed by atoms with van der Waals surface area (Å²) in [5.74, 6) is 0.430. The molecule has 0 fully saturated rings. The Morgan fingerprint density at radius 2 is 2.04 bits per heavy atom. The van der Waals surface area contributed by atoms with Gasteiger partial charge in [-0.1, -0.05) is 0 Å². The van der Waals surface area contributed by atoms with Gasteiger partial charge in [-0.2, -0.15) is 0 Å². The summed E-state index contributed by atoms with van der Waals surface area (Å²) in [6.07, 6.45) is 3.10. The van der Waals surface area contributed by atoms with E-state index in [2.05, 4.69) is 20.9 Å². The molecule has 132 valence electrons. The molecule has 24 heavy (non-hydrogen) atoms. The third kappa shape index (κ3) is 4.56. The third-order valence-electron chi connectivity index (χ3n) is 3.49. The topological polar surface area (TPSA) is 59.5 Å². The summed E-state index contributed by atoms with van der Waals surface area (Å²) in [4.78, 5) is 6.42. The number of thiophene rings is 1. The zero-order valence-electron chi connectivity index (χ0n) is 14.0. The number of aryl methyl sites for hydroxylation is 2. The maximum Gasteiger partial charge on any atom is 0.266 e. The quantitative estimate of drug-likeness (QED) is 0.587.